The lowest BCUT2D eigenvalue weighted by Crippen LogP contribution is -2.46. The molecule has 0 unspecified atom stereocenters. The van der Waals surface area contributed by atoms with E-state index in [-0.39, 0.29) is 29.2 Å². The van der Waals surface area contributed by atoms with Gasteiger partial charge in [-0.15, -0.1) is 0 Å². The molecule has 1 heterocycles. The highest BCUT2D eigenvalue weighted by molar-refractivity contribution is 7.92. The number of nitrogens with zero attached hydrogens (tertiary/aromatic N) is 2. The average molecular weight is 459 g/mol. The van der Waals surface area contributed by atoms with Gasteiger partial charge in [-0.25, -0.2) is 8.42 Å². The van der Waals surface area contributed by atoms with E-state index in [1.807, 2.05) is 26.8 Å². The Morgan fingerprint density at radius 2 is 1.62 bits per heavy atom. The van der Waals surface area contributed by atoms with Gasteiger partial charge in [-0.2, -0.15) is 0 Å². The molecule has 8 heteroatoms. The van der Waals surface area contributed by atoms with Gasteiger partial charge < -0.3 is 9.64 Å². The van der Waals surface area contributed by atoms with Crippen LogP contribution in [0.2, 0.25) is 0 Å². The summed E-state index contributed by atoms with van der Waals surface area (Å²) in [5, 5.41) is 0. The standard InChI is InChI=1S/C24H30N2O5S/c1-17-5-9-22(10-6-17)32(29,30)26(21-8-7-18(2)19(3)15-21)16-23(27)25-13-11-20(12-14-25)24(28)31-4/h5-10,15,20H,11-14,16H2,1-4H3. The van der Waals surface area contributed by atoms with Crippen LogP contribution in [-0.2, 0) is 24.3 Å². The first kappa shape index (κ1) is 23.8. The van der Waals surface area contributed by atoms with E-state index in [1.54, 1.807) is 41.3 Å². The van der Waals surface area contributed by atoms with E-state index in [2.05, 4.69) is 0 Å². The highest BCUT2D eigenvalue weighted by atomic mass is 32.2. The first-order valence-electron chi connectivity index (χ1n) is 10.7. The Morgan fingerprint density at radius 3 is 2.19 bits per heavy atom. The van der Waals surface area contributed by atoms with Crippen LogP contribution in [-0.4, -0.2) is 51.9 Å². The summed E-state index contributed by atoms with van der Waals surface area (Å²) in [7, 11) is -2.59. The number of likely N-dealkylation sites (tertiary alicyclic amines) is 1. The third-order valence-electron chi connectivity index (χ3n) is 6.05. The van der Waals surface area contributed by atoms with Gasteiger partial charge in [0.1, 0.15) is 6.54 Å². The fourth-order valence-corrected chi connectivity index (χ4v) is 5.19. The van der Waals surface area contributed by atoms with E-state index in [0.29, 0.717) is 31.6 Å². The summed E-state index contributed by atoms with van der Waals surface area (Å²) in [6.45, 7) is 6.23. The van der Waals surface area contributed by atoms with Crippen molar-refractivity contribution >= 4 is 27.6 Å². The summed E-state index contributed by atoms with van der Waals surface area (Å²) in [6, 6.07) is 12.0. The number of ether oxygens (including phenoxy) is 1. The minimum atomic E-state index is -3.95. The van der Waals surface area contributed by atoms with E-state index in [1.165, 1.54) is 11.4 Å². The molecule has 1 saturated heterocycles. The average Bonchev–Trinajstić information content (AvgIpc) is 2.79. The first-order chi connectivity index (χ1) is 15.1. The number of benzene rings is 2. The molecule has 0 radical (unpaired) electrons. The van der Waals surface area contributed by atoms with Crippen molar-refractivity contribution in [3.63, 3.8) is 0 Å². The van der Waals surface area contributed by atoms with Gasteiger partial charge in [0.2, 0.25) is 5.91 Å². The summed E-state index contributed by atoms with van der Waals surface area (Å²) in [5.41, 5.74) is 3.38. The van der Waals surface area contributed by atoms with E-state index < -0.39 is 10.0 Å². The van der Waals surface area contributed by atoms with Crippen LogP contribution in [0, 0.1) is 26.7 Å². The minimum absolute atomic E-state index is 0.138. The third-order valence-corrected chi connectivity index (χ3v) is 7.84. The van der Waals surface area contributed by atoms with Crippen molar-refractivity contribution in [2.24, 2.45) is 5.92 Å². The van der Waals surface area contributed by atoms with E-state index in [4.69, 9.17) is 4.74 Å². The van der Waals surface area contributed by atoms with Crippen molar-refractivity contribution in [3.8, 4) is 0 Å². The zero-order chi connectivity index (χ0) is 23.5. The molecule has 2 aromatic carbocycles. The van der Waals surface area contributed by atoms with Crippen LogP contribution in [0.15, 0.2) is 47.4 Å². The lowest BCUT2D eigenvalue weighted by Gasteiger charge is -2.33. The molecule has 0 aromatic heterocycles. The lowest BCUT2D eigenvalue weighted by atomic mass is 9.97. The maximum absolute atomic E-state index is 13.5. The van der Waals surface area contributed by atoms with Gasteiger partial charge >= 0.3 is 5.97 Å². The molecule has 1 amide bonds. The van der Waals surface area contributed by atoms with Crippen LogP contribution in [0.25, 0.3) is 0 Å². The summed E-state index contributed by atoms with van der Waals surface area (Å²) < 4.78 is 33.0. The molecule has 0 N–H and O–H groups in total. The number of piperidine rings is 1. The predicted octanol–water partition coefficient (Wildman–Crippen LogP) is 3.22. The molecule has 1 aliphatic heterocycles. The van der Waals surface area contributed by atoms with Crippen molar-refractivity contribution in [2.75, 3.05) is 31.0 Å². The maximum atomic E-state index is 13.5. The molecular formula is C24H30N2O5S. The van der Waals surface area contributed by atoms with Crippen LogP contribution >= 0.6 is 0 Å². The van der Waals surface area contributed by atoms with Crippen molar-refractivity contribution in [1.29, 1.82) is 0 Å². The van der Waals surface area contributed by atoms with Crippen molar-refractivity contribution in [3.05, 3.63) is 59.2 Å². The van der Waals surface area contributed by atoms with Crippen LogP contribution in [0.4, 0.5) is 5.69 Å². The molecular weight excluding hydrogens is 428 g/mol. The predicted molar refractivity (Wildman–Crippen MR) is 123 cm³/mol. The zero-order valence-electron chi connectivity index (χ0n) is 19.0. The van der Waals surface area contributed by atoms with Gasteiger partial charge in [0.05, 0.1) is 23.6 Å². The van der Waals surface area contributed by atoms with Crippen LogP contribution in [0.5, 0.6) is 0 Å². The number of carbonyl (C=O) groups excluding carboxylic acids is 2. The number of carbonyl (C=O) groups is 2. The fraction of sp³-hybridized carbons (Fsp3) is 0.417. The van der Waals surface area contributed by atoms with Crippen LogP contribution in [0.1, 0.15) is 29.5 Å². The second-order valence-electron chi connectivity index (χ2n) is 8.27. The molecule has 0 atom stereocenters. The van der Waals surface area contributed by atoms with Crippen LogP contribution < -0.4 is 4.31 Å². The maximum Gasteiger partial charge on any atom is 0.308 e. The summed E-state index contributed by atoms with van der Waals surface area (Å²) in [4.78, 5) is 26.6. The number of sulfonamides is 1. The number of anilines is 1. The Morgan fingerprint density at radius 1 is 1.00 bits per heavy atom. The largest absolute Gasteiger partial charge is 0.469 e. The highest BCUT2D eigenvalue weighted by Crippen LogP contribution is 2.27. The Kier molecular flexibility index (Phi) is 7.23. The molecule has 0 bridgehead atoms. The molecule has 7 nitrogen and oxygen atoms in total. The summed E-state index contributed by atoms with van der Waals surface area (Å²) in [6.07, 6.45) is 1.01. The van der Waals surface area contributed by atoms with Crippen molar-refractivity contribution in [1.82, 2.24) is 4.90 Å². The number of methoxy groups -OCH3 is 1. The van der Waals surface area contributed by atoms with Gasteiger partial charge in [-0.05, 0) is 69.0 Å². The Bertz CT molecular complexity index is 1090. The molecule has 1 aliphatic rings. The quantitative estimate of drug-likeness (QED) is 0.621. The van der Waals surface area contributed by atoms with E-state index in [0.717, 1.165) is 16.7 Å². The van der Waals surface area contributed by atoms with E-state index >= 15 is 0 Å². The third kappa shape index (κ3) is 5.12. The van der Waals surface area contributed by atoms with Crippen molar-refractivity contribution < 1.29 is 22.7 Å². The first-order valence-corrected chi connectivity index (χ1v) is 12.1. The number of rotatable bonds is 6. The number of amides is 1. The fourth-order valence-electron chi connectivity index (χ4n) is 3.79. The normalized spacial score (nSPS) is 14.8. The number of hydrogen-bond acceptors (Lipinski definition) is 5. The van der Waals surface area contributed by atoms with Gasteiger partial charge in [0, 0.05) is 13.1 Å². The Labute approximate surface area is 190 Å². The Hall–Kier alpha value is -2.87. The molecule has 2 aromatic rings. The molecule has 0 aliphatic carbocycles. The second-order valence-corrected chi connectivity index (χ2v) is 10.1. The van der Waals surface area contributed by atoms with Gasteiger partial charge in [0.25, 0.3) is 10.0 Å². The molecule has 172 valence electrons. The molecule has 0 spiro atoms. The van der Waals surface area contributed by atoms with Gasteiger partial charge in [-0.1, -0.05) is 23.8 Å². The van der Waals surface area contributed by atoms with E-state index in [9.17, 15) is 18.0 Å². The zero-order valence-corrected chi connectivity index (χ0v) is 19.8. The number of esters is 1. The summed E-state index contributed by atoms with van der Waals surface area (Å²) in [5.74, 6) is -0.783. The number of hydrogen-bond donors (Lipinski definition) is 0. The van der Waals surface area contributed by atoms with Gasteiger partial charge in [0.15, 0.2) is 0 Å². The Balaban J connectivity index is 1.88. The van der Waals surface area contributed by atoms with Gasteiger partial charge in [-0.3, -0.25) is 13.9 Å². The topological polar surface area (TPSA) is 84.0 Å². The minimum Gasteiger partial charge on any atom is -0.469 e. The highest BCUT2D eigenvalue weighted by Gasteiger charge is 2.32. The lowest BCUT2D eigenvalue weighted by molar-refractivity contribution is -0.148. The molecule has 0 saturated carbocycles. The van der Waals surface area contributed by atoms with Crippen molar-refractivity contribution in [2.45, 2.75) is 38.5 Å². The summed E-state index contributed by atoms with van der Waals surface area (Å²) >= 11 is 0. The number of aryl methyl sites for hydroxylation is 3. The SMILES string of the molecule is COC(=O)C1CCN(C(=O)CN(c2ccc(C)c(C)c2)S(=O)(=O)c2ccc(C)cc2)CC1. The molecule has 3 rings (SSSR count). The molecule has 32 heavy (non-hydrogen) atoms. The monoisotopic (exact) mass is 458 g/mol. The second kappa shape index (κ2) is 9.73. The molecule has 1 fully saturated rings. The smallest absolute Gasteiger partial charge is 0.308 e. The van der Waals surface area contributed by atoms with Crippen LogP contribution in [0.3, 0.4) is 0 Å².